The summed E-state index contributed by atoms with van der Waals surface area (Å²) < 4.78 is 0. The van der Waals surface area contributed by atoms with Gasteiger partial charge in [-0.05, 0) is 36.6 Å². The van der Waals surface area contributed by atoms with E-state index in [4.69, 9.17) is 22.6 Å². The van der Waals surface area contributed by atoms with Crippen LogP contribution in [0.2, 0.25) is 0 Å². The predicted molar refractivity (Wildman–Crippen MR) is 104 cm³/mol. The number of dihydropyridines is 1. The lowest BCUT2D eigenvalue weighted by Crippen LogP contribution is -2.34. The highest BCUT2D eigenvalue weighted by atomic mass is 16.1. The maximum atomic E-state index is 11.7. The minimum Gasteiger partial charge on any atom is -0.399 e. The summed E-state index contributed by atoms with van der Waals surface area (Å²) in [6.45, 7) is 7.98. The van der Waals surface area contributed by atoms with E-state index in [0.717, 1.165) is 29.7 Å². The van der Waals surface area contributed by atoms with Crippen molar-refractivity contribution in [2.24, 2.45) is 11.5 Å². The topological polar surface area (TPSA) is 131 Å². The van der Waals surface area contributed by atoms with Gasteiger partial charge in [0.15, 0.2) is 0 Å². The number of primary amides is 1. The molecule has 0 bridgehead atoms. The van der Waals surface area contributed by atoms with Gasteiger partial charge in [0.25, 0.3) is 5.91 Å². The zero-order valence-electron chi connectivity index (χ0n) is 15.4. The Hall–Kier alpha value is -2.76. The Labute approximate surface area is 149 Å². The van der Waals surface area contributed by atoms with Crippen LogP contribution in [0.15, 0.2) is 35.2 Å². The quantitative estimate of drug-likeness (QED) is 0.415. The molecule has 0 radical (unpaired) electrons. The number of anilines is 1. The molecule has 8 N–H and O–H groups in total. The van der Waals surface area contributed by atoms with Crippen LogP contribution >= 0.6 is 0 Å². The SMILES string of the molecule is CC.CCCC1=CC(C(N)=O)=C(N)C(c2c(C)ccc(N)c2C=N)N1. The number of nitrogens with two attached hydrogens (primary N) is 3. The first-order valence-corrected chi connectivity index (χ1v) is 8.56. The van der Waals surface area contributed by atoms with Crippen LogP contribution in [0.5, 0.6) is 0 Å². The molecule has 1 amide bonds. The molecule has 0 fully saturated rings. The zero-order chi connectivity index (χ0) is 19.1. The lowest BCUT2D eigenvalue weighted by Gasteiger charge is -2.30. The number of hydrogen-bond acceptors (Lipinski definition) is 5. The van der Waals surface area contributed by atoms with Gasteiger partial charge in [-0.1, -0.05) is 33.3 Å². The van der Waals surface area contributed by atoms with Gasteiger partial charge in [0.05, 0.1) is 11.6 Å². The second kappa shape index (κ2) is 8.92. The fourth-order valence-corrected chi connectivity index (χ4v) is 2.88. The van der Waals surface area contributed by atoms with E-state index in [1.807, 2.05) is 26.8 Å². The Morgan fingerprint density at radius 2 is 1.96 bits per heavy atom. The van der Waals surface area contributed by atoms with Crippen LogP contribution < -0.4 is 22.5 Å². The fraction of sp³-hybridized carbons (Fsp3) is 0.368. The summed E-state index contributed by atoms with van der Waals surface area (Å²) in [6.07, 6.45) is 4.63. The van der Waals surface area contributed by atoms with Crippen molar-refractivity contribution in [2.75, 3.05) is 5.73 Å². The fourth-order valence-electron chi connectivity index (χ4n) is 2.88. The monoisotopic (exact) mass is 343 g/mol. The van der Waals surface area contributed by atoms with Crippen molar-refractivity contribution < 1.29 is 4.79 Å². The largest absolute Gasteiger partial charge is 0.399 e. The number of nitrogens with one attached hydrogen (secondary N) is 2. The molecule has 0 saturated heterocycles. The van der Waals surface area contributed by atoms with Gasteiger partial charge in [-0.15, -0.1) is 0 Å². The molecular formula is C19H29N5O. The van der Waals surface area contributed by atoms with Gasteiger partial charge >= 0.3 is 0 Å². The molecule has 1 aromatic carbocycles. The van der Waals surface area contributed by atoms with Crippen LogP contribution in [0, 0.1) is 12.3 Å². The second-order valence-corrected chi connectivity index (χ2v) is 5.67. The van der Waals surface area contributed by atoms with E-state index in [1.54, 1.807) is 12.1 Å². The zero-order valence-corrected chi connectivity index (χ0v) is 15.4. The molecule has 0 spiro atoms. The highest BCUT2D eigenvalue weighted by Crippen LogP contribution is 2.33. The molecule has 1 aromatic rings. The van der Waals surface area contributed by atoms with Crippen LogP contribution in [0.1, 0.15) is 56.3 Å². The molecule has 25 heavy (non-hydrogen) atoms. The van der Waals surface area contributed by atoms with Crippen molar-refractivity contribution in [3.05, 3.63) is 51.9 Å². The highest BCUT2D eigenvalue weighted by Gasteiger charge is 2.28. The Morgan fingerprint density at radius 1 is 1.32 bits per heavy atom. The van der Waals surface area contributed by atoms with E-state index in [0.29, 0.717) is 22.5 Å². The number of rotatable bonds is 5. The van der Waals surface area contributed by atoms with E-state index in [2.05, 4.69) is 12.2 Å². The molecule has 1 aliphatic heterocycles. The summed E-state index contributed by atoms with van der Waals surface area (Å²) >= 11 is 0. The van der Waals surface area contributed by atoms with E-state index >= 15 is 0 Å². The summed E-state index contributed by atoms with van der Waals surface area (Å²) in [6, 6.07) is 3.22. The summed E-state index contributed by atoms with van der Waals surface area (Å²) in [4.78, 5) is 11.7. The molecule has 6 heteroatoms. The minimum absolute atomic E-state index is 0.315. The summed E-state index contributed by atoms with van der Waals surface area (Å²) in [5, 5.41) is 11.0. The van der Waals surface area contributed by atoms with Crippen LogP contribution in [0.4, 0.5) is 5.69 Å². The third-order valence-corrected chi connectivity index (χ3v) is 4.03. The highest BCUT2D eigenvalue weighted by molar-refractivity contribution is 5.96. The number of carbonyl (C=O) groups excluding carboxylic acids is 1. The van der Waals surface area contributed by atoms with Gasteiger partial charge in [0.1, 0.15) is 0 Å². The van der Waals surface area contributed by atoms with Crippen LogP contribution in [-0.2, 0) is 4.79 Å². The van der Waals surface area contributed by atoms with Gasteiger partial charge < -0.3 is 27.9 Å². The Balaban J connectivity index is 0.00000151. The standard InChI is InChI=1S/C17H23N5O.C2H6/c1-3-4-10-7-11(17(21)23)15(20)16(22-10)14-9(2)5-6-13(19)12(14)8-18;1-2/h5-8,16,18,22H,3-4,19-20H2,1-2H3,(H2,21,23);1-2H3. The number of hydrogen-bond donors (Lipinski definition) is 5. The average Bonchev–Trinajstić information content (AvgIpc) is 2.60. The third kappa shape index (κ3) is 4.21. The molecule has 2 rings (SSSR count). The van der Waals surface area contributed by atoms with E-state index in [1.165, 1.54) is 6.21 Å². The summed E-state index contributed by atoms with van der Waals surface area (Å²) in [7, 11) is 0. The van der Waals surface area contributed by atoms with E-state index in [-0.39, 0.29) is 0 Å². The van der Waals surface area contributed by atoms with Gasteiger partial charge in [0.2, 0.25) is 0 Å². The Bertz CT molecular complexity index is 719. The number of carbonyl (C=O) groups is 1. The smallest absolute Gasteiger partial charge is 0.250 e. The van der Waals surface area contributed by atoms with E-state index in [9.17, 15) is 4.79 Å². The van der Waals surface area contributed by atoms with Crippen molar-refractivity contribution in [3.63, 3.8) is 0 Å². The Kier molecular flexibility index (Phi) is 7.23. The lowest BCUT2D eigenvalue weighted by atomic mass is 9.88. The molecule has 1 heterocycles. The normalized spacial score (nSPS) is 16.3. The number of benzene rings is 1. The number of allylic oxidation sites excluding steroid dienone is 1. The molecule has 1 atom stereocenters. The van der Waals surface area contributed by atoms with Crippen molar-refractivity contribution in [1.82, 2.24) is 5.32 Å². The molecule has 1 unspecified atom stereocenters. The summed E-state index contributed by atoms with van der Waals surface area (Å²) in [5.41, 5.74) is 22.1. The lowest BCUT2D eigenvalue weighted by molar-refractivity contribution is -0.114. The second-order valence-electron chi connectivity index (χ2n) is 5.67. The molecule has 0 saturated carbocycles. The van der Waals surface area contributed by atoms with Gasteiger partial charge in [-0.25, -0.2) is 0 Å². The predicted octanol–water partition coefficient (Wildman–Crippen LogP) is 2.63. The average molecular weight is 343 g/mol. The van der Waals surface area contributed by atoms with Crippen LogP contribution in [0.25, 0.3) is 0 Å². The molecule has 0 aliphatic carbocycles. The Morgan fingerprint density at radius 3 is 2.48 bits per heavy atom. The van der Waals surface area contributed by atoms with Gasteiger partial charge in [-0.3, -0.25) is 4.79 Å². The van der Waals surface area contributed by atoms with E-state index < -0.39 is 11.9 Å². The van der Waals surface area contributed by atoms with Crippen LogP contribution in [-0.4, -0.2) is 12.1 Å². The molecule has 1 aliphatic rings. The van der Waals surface area contributed by atoms with Crippen molar-refractivity contribution >= 4 is 17.8 Å². The molecule has 136 valence electrons. The molecular weight excluding hydrogens is 314 g/mol. The molecule has 0 aromatic heterocycles. The minimum atomic E-state index is -0.555. The first-order valence-electron chi connectivity index (χ1n) is 8.56. The first kappa shape index (κ1) is 20.3. The third-order valence-electron chi connectivity index (χ3n) is 4.03. The van der Waals surface area contributed by atoms with Crippen molar-refractivity contribution in [2.45, 2.75) is 46.6 Å². The maximum absolute atomic E-state index is 11.7. The van der Waals surface area contributed by atoms with Crippen molar-refractivity contribution in [3.8, 4) is 0 Å². The van der Waals surface area contributed by atoms with Gasteiger partial charge in [0, 0.05) is 28.9 Å². The van der Waals surface area contributed by atoms with Gasteiger partial charge in [-0.2, -0.15) is 0 Å². The maximum Gasteiger partial charge on any atom is 0.250 e. The van der Waals surface area contributed by atoms with Crippen LogP contribution in [0.3, 0.4) is 0 Å². The number of nitrogen functional groups attached to an aromatic ring is 1. The number of amides is 1. The number of aryl methyl sites for hydroxylation is 1. The first-order chi connectivity index (χ1) is 11.9. The summed E-state index contributed by atoms with van der Waals surface area (Å²) in [5.74, 6) is -0.555. The molecule has 6 nitrogen and oxygen atoms in total. The van der Waals surface area contributed by atoms with Crippen molar-refractivity contribution in [1.29, 1.82) is 5.41 Å².